The largest absolute Gasteiger partial charge is 0.368 e. The number of benzene rings is 3. The monoisotopic (exact) mass is 587 g/mol. The van der Waals surface area contributed by atoms with Gasteiger partial charge in [-0.05, 0) is 38.1 Å². The van der Waals surface area contributed by atoms with Crippen LogP contribution in [0.4, 0.5) is 5.95 Å². The van der Waals surface area contributed by atoms with Crippen molar-refractivity contribution in [3.63, 3.8) is 0 Å². The second kappa shape index (κ2) is 10.8. The number of H-pyrrole nitrogens is 1. The van der Waals surface area contributed by atoms with Crippen molar-refractivity contribution in [2.24, 2.45) is 0 Å². The van der Waals surface area contributed by atoms with Gasteiger partial charge in [0.05, 0.1) is 38.9 Å². The Bertz CT molecular complexity index is 1860. The number of hydrogen-bond donors (Lipinski definition) is 3. The predicted octanol–water partition coefficient (Wildman–Crippen LogP) is 5.09. The molecule has 0 fully saturated rings. The molecule has 0 radical (unpaired) electrons. The second-order valence-electron chi connectivity index (χ2n) is 8.92. The number of aromatic nitrogens is 4. The number of nitrogen functional groups attached to an aromatic ring is 1. The highest BCUT2D eigenvalue weighted by atomic mass is 35.5. The zero-order valence-corrected chi connectivity index (χ0v) is 23.6. The van der Waals surface area contributed by atoms with E-state index >= 15 is 0 Å². The van der Waals surface area contributed by atoms with Gasteiger partial charge in [-0.25, -0.2) is 22.4 Å². The van der Waals surface area contributed by atoms with Gasteiger partial charge in [0.2, 0.25) is 16.0 Å². The number of hydrogen-bond acceptors (Lipinski definition) is 7. The van der Waals surface area contributed by atoms with Crippen molar-refractivity contribution in [2.75, 3.05) is 12.0 Å². The lowest BCUT2D eigenvalue weighted by molar-refractivity contribution is 0.490. The van der Waals surface area contributed by atoms with Gasteiger partial charge in [-0.3, -0.25) is 4.55 Å². The average molecular weight is 588 g/mol. The van der Waals surface area contributed by atoms with E-state index in [-0.39, 0.29) is 5.95 Å². The van der Waals surface area contributed by atoms with Crippen LogP contribution >= 0.6 is 11.6 Å². The number of halogens is 1. The molecular weight excluding hydrogens is 562 g/mol. The van der Waals surface area contributed by atoms with Gasteiger partial charge in [0.25, 0.3) is 10.1 Å². The summed E-state index contributed by atoms with van der Waals surface area (Å²) in [4.78, 5) is 12.5. The fourth-order valence-electron chi connectivity index (χ4n) is 3.88. The minimum absolute atomic E-state index is 0.0667. The molecule has 0 aliphatic rings. The van der Waals surface area contributed by atoms with Crippen molar-refractivity contribution in [2.45, 2.75) is 19.1 Å². The van der Waals surface area contributed by atoms with Crippen LogP contribution in [-0.2, 0) is 20.1 Å². The summed E-state index contributed by atoms with van der Waals surface area (Å²) in [5, 5.41) is -0.0836. The molecule has 0 spiro atoms. The topological polar surface area (TPSA) is 161 Å². The summed E-state index contributed by atoms with van der Waals surface area (Å²) < 4.78 is 53.0. The Morgan fingerprint density at radius 3 is 2.15 bits per heavy atom. The Kier molecular flexibility index (Phi) is 7.84. The molecule has 204 valence electrons. The molecule has 0 amide bonds. The number of rotatable bonds is 5. The van der Waals surface area contributed by atoms with Gasteiger partial charge in [-0.15, -0.1) is 0 Å². The fourth-order valence-corrected chi connectivity index (χ4v) is 5.24. The van der Waals surface area contributed by atoms with Crippen LogP contribution < -0.4 is 5.73 Å². The normalized spacial score (nSPS) is 11.9. The molecule has 0 aliphatic heterocycles. The summed E-state index contributed by atoms with van der Waals surface area (Å²) in [7, 11) is -7.38. The lowest BCUT2D eigenvalue weighted by Crippen LogP contribution is -2.23. The van der Waals surface area contributed by atoms with E-state index in [1.807, 2.05) is 60.7 Å². The van der Waals surface area contributed by atoms with Crippen molar-refractivity contribution < 1.29 is 21.4 Å². The van der Waals surface area contributed by atoms with Crippen LogP contribution in [0.15, 0.2) is 72.8 Å². The zero-order chi connectivity index (χ0) is 28.5. The summed E-state index contributed by atoms with van der Waals surface area (Å²) in [6.45, 7) is 3.23. The lowest BCUT2D eigenvalue weighted by atomic mass is 10.0. The molecular formula is C26H26ClN5O5S2. The van der Waals surface area contributed by atoms with E-state index in [2.05, 4.69) is 9.97 Å². The van der Waals surface area contributed by atoms with E-state index in [4.69, 9.17) is 26.9 Å². The molecule has 39 heavy (non-hydrogen) atoms. The van der Waals surface area contributed by atoms with Gasteiger partial charge in [-0.2, -0.15) is 8.42 Å². The number of nitrogens with two attached hydrogens (primary N) is 1. The molecule has 2 aromatic heterocycles. The van der Waals surface area contributed by atoms with Crippen molar-refractivity contribution in [3.05, 3.63) is 77.8 Å². The lowest BCUT2D eigenvalue weighted by Gasteiger charge is -2.11. The van der Waals surface area contributed by atoms with Crippen LogP contribution in [0.2, 0.25) is 5.02 Å². The average Bonchev–Trinajstić information content (AvgIpc) is 3.44. The summed E-state index contributed by atoms with van der Waals surface area (Å²) in [5.41, 5.74) is 10.8. The van der Waals surface area contributed by atoms with Crippen molar-refractivity contribution in [1.82, 2.24) is 18.9 Å². The van der Waals surface area contributed by atoms with Crippen molar-refractivity contribution in [3.8, 4) is 33.9 Å². The highest BCUT2D eigenvalue weighted by Crippen LogP contribution is 2.36. The van der Waals surface area contributed by atoms with Crippen LogP contribution in [-0.4, -0.2) is 51.8 Å². The maximum Gasteiger partial charge on any atom is 0.261 e. The Hall–Kier alpha value is -3.71. The highest BCUT2D eigenvalue weighted by molar-refractivity contribution is 7.90. The number of anilines is 1. The third-order valence-corrected chi connectivity index (χ3v) is 8.07. The number of fused-ring (bicyclic) bond motifs is 1. The van der Waals surface area contributed by atoms with Crippen LogP contribution in [0.1, 0.15) is 13.8 Å². The van der Waals surface area contributed by atoms with Gasteiger partial charge in [0.15, 0.2) is 0 Å². The molecule has 0 bridgehead atoms. The van der Waals surface area contributed by atoms with Gasteiger partial charge < -0.3 is 10.7 Å². The van der Waals surface area contributed by atoms with Gasteiger partial charge in [0, 0.05) is 16.7 Å². The smallest absolute Gasteiger partial charge is 0.261 e. The maximum absolute atomic E-state index is 13.0. The molecule has 5 aromatic rings. The molecule has 4 N–H and O–H groups in total. The summed E-state index contributed by atoms with van der Waals surface area (Å²) >= 11 is 6.44. The van der Waals surface area contributed by atoms with Gasteiger partial charge in [-0.1, -0.05) is 60.1 Å². The zero-order valence-electron chi connectivity index (χ0n) is 21.2. The summed E-state index contributed by atoms with van der Waals surface area (Å²) in [6, 6.07) is 22.7. The molecule has 0 saturated carbocycles. The minimum atomic E-state index is -3.71. The van der Waals surface area contributed by atoms with Crippen molar-refractivity contribution in [1.29, 1.82) is 0 Å². The molecule has 5 rings (SSSR count). The molecule has 3 aromatic carbocycles. The van der Waals surface area contributed by atoms with Crippen LogP contribution in [0, 0.1) is 0 Å². The van der Waals surface area contributed by atoms with E-state index < -0.39 is 25.4 Å². The molecule has 10 nitrogen and oxygen atoms in total. The van der Waals surface area contributed by atoms with Crippen LogP contribution in [0.5, 0.6) is 0 Å². The Morgan fingerprint density at radius 1 is 0.923 bits per heavy atom. The van der Waals surface area contributed by atoms with E-state index in [1.165, 1.54) is 0 Å². The Labute approximate surface area is 231 Å². The molecule has 0 aliphatic carbocycles. The first-order valence-electron chi connectivity index (χ1n) is 11.6. The molecule has 0 atom stereocenters. The van der Waals surface area contributed by atoms with Crippen LogP contribution in [0.3, 0.4) is 0 Å². The number of imidazole rings is 2. The third-order valence-electron chi connectivity index (χ3n) is 5.66. The number of aromatic amines is 1. The Balaban J connectivity index is 0.000000648. The highest BCUT2D eigenvalue weighted by Gasteiger charge is 2.25. The van der Waals surface area contributed by atoms with Gasteiger partial charge in [0.1, 0.15) is 5.82 Å². The number of nitrogens with one attached hydrogen (secondary N) is 1. The first-order chi connectivity index (χ1) is 18.3. The molecule has 2 heterocycles. The molecule has 13 heteroatoms. The minimum Gasteiger partial charge on any atom is -0.368 e. The van der Waals surface area contributed by atoms with Gasteiger partial charge >= 0.3 is 0 Å². The van der Waals surface area contributed by atoms with E-state index in [0.29, 0.717) is 33.8 Å². The maximum atomic E-state index is 13.0. The summed E-state index contributed by atoms with van der Waals surface area (Å²) in [5.74, 6) is 0.547. The van der Waals surface area contributed by atoms with Crippen molar-refractivity contribution >= 4 is 48.7 Å². The second-order valence-corrected chi connectivity index (χ2v) is 13.1. The fraction of sp³-hybridized carbons (Fsp3) is 0.154. The van der Waals surface area contributed by atoms with E-state index in [1.54, 1.807) is 26.0 Å². The molecule has 0 unspecified atom stereocenters. The van der Waals surface area contributed by atoms with Crippen LogP contribution in [0.25, 0.3) is 44.9 Å². The summed E-state index contributed by atoms with van der Waals surface area (Å²) in [6.07, 6.45) is 0.715. The standard InChI is InChI=1S/C25H22ClN5O2S.CH4O3S/c1-15(2)34(32,33)31-21-14-17(12-13-20(21)28-25(31)27)23-22(16-8-4-3-5-9-16)29-24(30-23)18-10-6-7-11-19(18)26;1-5(2,3)4/h3-15H,1-2H3,(H2,27,28)(H,29,30);1H3,(H,2,3,4). The predicted molar refractivity (Wildman–Crippen MR) is 155 cm³/mol. The quantitative estimate of drug-likeness (QED) is 0.240. The first kappa shape index (κ1) is 28.3. The van der Waals surface area contributed by atoms with E-state index in [0.717, 1.165) is 26.4 Å². The third kappa shape index (κ3) is 6.14. The van der Waals surface area contributed by atoms with E-state index in [9.17, 15) is 16.8 Å². The number of nitrogens with zero attached hydrogens (tertiary/aromatic N) is 3. The Morgan fingerprint density at radius 2 is 1.54 bits per heavy atom. The SMILES string of the molecule is CC(C)S(=O)(=O)n1c(N)nc2ccc(-c3nc(-c4ccccc4Cl)[nH]c3-c3ccccc3)cc21.CS(=O)(=O)O. The first-order valence-corrected chi connectivity index (χ1v) is 15.4. The molecule has 0 saturated heterocycles.